The quantitative estimate of drug-likeness (QED) is 0.729. The minimum Gasteiger partial charge on any atom is -0.376 e. The molecule has 0 atom stereocenters. The summed E-state index contributed by atoms with van der Waals surface area (Å²) in [4.78, 5) is 23.6. The Labute approximate surface area is 150 Å². The number of hydrogen-bond donors (Lipinski definition) is 3. The second-order valence-corrected chi connectivity index (χ2v) is 5.78. The van der Waals surface area contributed by atoms with Crippen LogP contribution in [0.3, 0.4) is 0 Å². The summed E-state index contributed by atoms with van der Waals surface area (Å²) in [6.45, 7) is 2.52. The van der Waals surface area contributed by atoms with Crippen LogP contribution in [0.4, 0.5) is 11.4 Å². The maximum Gasteiger partial charge on any atom is 0.251 e. The number of amides is 2. The van der Waals surface area contributed by atoms with Crippen molar-refractivity contribution >= 4 is 46.4 Å². The molecule has 0 unspecified atom stereocenters. The van der Waals surface area contributed by atoms with E-state index in [-0.39, 0.29) is 18.4 Å². The molecule has 24 heavy (non-hydrogen) atoms. The molecule has 2 aromatic rings. The molecule has 0 spiro atoms. The Hall–Kier alpha value is -2.24. The highest BCUT2D eigenvalue weighted by molar-refractivity contribution is 6.42. The summed E-state index contributed by atoms with van der Waals surface area (Å²) in [6, 6.07) is 11.8. The van der Waals surface area contributed by atoms with Gasteiger partial charge in [0.15, 0.2) is 0 Å². The van der Waals surface area contributed by atoms with E-state index in [9.17, 15) is 9.59 Å². The highest BCUT2D eigenvalue weighted by Gasteiger charge is 2.06. The summed E-state index contributed by atoms with van der Waals surface area (Å²) in [5, 5.41) is 9.24. The van der Waals surface area contributed by atoms with Crippen LogP contribution < -0.4 is 16.0 Å². The number of benzene rings is 2. The van der Waals surface area contributed by atoms with Crippen LogP contribution in [0.2, 0.25) is 10.0 Å². The van der Waals surface area contributed by atoms with Crippen molar-refractivity contribution in [3.8, 4) is 0 Å². The van der Waals surface area contributed by atoms with Gasteiger partial charge in [0.1, 0.15) is 0 Å². The van der Waals surface area contributed by atoms with Gasteiger partial charge in [-0.1, -0.05) is 23.2 Å². The van der Waals surface area contributed by atoms with E-state index in [0.717, 1.165) is 5.69 Å². The van der Waals surface area contributed by atoms with Crippen molar-refractivity contribution in [2.45, 2.75) is 6.92 Å². The molecular weight excluding hydrogens is 349 g/mol. The van der Waals surface area contributed by atoms with E-state index >= 15 is 0 Å². The van der Waals surface area contributed by atoms with Gasteiger partial charge in [-0.2, -0.15) is 0 Å². The van der Waals surface area contributed by atoms with E-state index in [2.05, 4.69) is 16.0 Å². The molecule has 0 aliphatic rings. The van der Waals surface area contributed by atoms with Gasteiger partial charge < -0.3 is 16.0 Å². The number of hydrogen-bond acceptors (Lipinski definition) is 3. The third-order valence-electron chi connectivity index (χ3n) is 3.14. The lowest BCUT2D eigenvalue weighted by atomic mass is 10.2. The predicted molar refractivity (Wildman–Crippen MR) is 98.0 cm³/mol. The average Bonchev–Trinajstić information content (AvgIpc) is 2.57. The zero-order valence-electron chi connectivity index (χ0n) is 13.0. The van der Waals surface area contributed by atoms with E-state index in [4.69, 9.17) is 23.2 Å². The minimum absolute atomic E-state index is 0.0841. The van der Waals surface area contributed by atoms with Crippen LogP contribution >= 0.6 is 23.2 Å². The van der Waals surface area contributed by atoms with Crippen molar-refractivity contribution < 1.29 is 9.59 Å². The Balaban J connectivity index is 1.87. The lowest BCUT2D eigenvalue weighted by Crippen LogP contribution is -2.23. The number of rotatable bonds is 6. The van der Waals surface area contributed by atoms with Gasteiger partial charge >= 0.3 is 0 Å². The molecule has 0 fully saturated rings. The first-order valence-electron chi connectivity index (χ1n) is 7.36. The van der Waals surface area contributed by atoms with E-state index in [1.165, 1.54) is 0 Å². The average molecular weight is 366 g/mol. The van der Waals surface area contributed by atoms with Crippen molar-refractivity contribution in [3.05, 3.63) is 58.1 Å². The van der Waals surface area contributed by atoms with Gasteiger partial charge in [0, 0.05) is 23.5 Å². The number of halogens is 2. The van der Waals surface area contributed by atoms with Crippen molar-refractivity contribution in [2.24, 2.45) is 0 Å². The molecule has 2 amide bonds. The summed E-state index contributed by atoms with van der Waals surface area (Å²) in [5.41, 5.74) is 1.89. The number of nitrogens with one attached hydrogen (secondary N) is 3. The summed E-state index contributed by atoms with van der Waals surface area (Å²) >= 11 is 11.7. The van der Waals surface area contributed by atoms with E-state index < -0.39 is 0 Å². The summed E-state index contributed by atoms with van der Waals surface area (Å²) in [7, 11) is 0. The van der Waals surface area contributed by atoms with Crippen LogP contribution in [0.25, 0.3) is 0 Å². The van der Waals surface area contributed by atoms with Gasteiger partial charge in [-0.3, -0.25) is 9.59 Å². The van der Waals surface area contributed by atoms with Crippen LogP contribution in [0.15, 0.2) is 42.5 Å². The van der Waals surface area contributed by atoms with Crippen LogP contribution in [0, 0.1) is 0 Å². The third kappa shape index (κ3) is 5.15. The molecule has 0 aromatic heterocycles. The molecule has 0 bridgehead atoms. The van der Waals surface area contributed by atoms with Crippen molar-refractivity contribution in [2.75, 3.05) is 23.7 Å². The Morgan fingerprint density at radius 1 is 0.958 bits per heavy atom. The monoisotopic (exact) mass is 365 g/mol. The Kier molecular flexibility index (Phi) is 6.46. The van der Waals surface area contributed by atoms with Crippen LogP contribution in [-0.4, -0.2) is 24.9 Å². The molecule has 0 aliphatic carbocycles. The van der Waals surface area contributed by atoms with Gasteiger partial charge in [-0.05, 0) is 49.4 Å². The summed E-state index contributed by atoms with van der Waals surface area (Å²) in [5.74, 6) is -0.345. The Morgan fingerprint density at radius 2 is 1.62 bits per heavy atom. The molecule has 0 aliphatic heterocycles. The van der Waals surface area contributed by atoms with Gasteiger partial charge in [0.25, 0.3) is 5.91 Å². The molecule has 2 rings (SSSR count). The summed E-state index contributed by atoms with van der Waals surface area (Å²) in [6.07, 6.45) is 0. The molecule has 0 saturated heterocycles. The molecule has 126 valence electrons. The number of carbonyl (C=O) groups is 2. The zero-order chi connectivity index (χ0) is 17.5. The molecular formula is C17H17Cl2N3O2. The van der Waals surface area contributed by atoms with Gasteiger partial charge in [0.2, 0.25) is 5.91 Å². The van der Waals surface area contributed by atoms with E-state index in [0.29, 0.717) is 27.8 Å². The van der Waals surface area contributed by atoms with E-state index in [1.807, 2.05) is 6.92 Å². The lowest BCUT2D eigenvalue weighted by Gasteiger charge is -2.09. The van der Waals surface area contributed by atoms with Gasteiger partial charge in [0.05, 0.1) is 16.6 Å². The topological polar surface area (TPSA) is 70.2 Å². The predicted octanol–water partition coefficient (Wildman–Crippen LogP) is 3.79. The minimum atomic E-state index is -0.221. The number of carbonyl (C=O) groups excluding carboxylic acids is 2. The SMILES string of the molecule is CCNC(=O)c1ccc(NCC(=O)Nc2ccc(Cl)c(Cl)c2)cc1. The van der Waals surface area contributed by atoms with E-state index in [1.54, 1.807) is 42.5 Å². The lowest BCUT2D eigenvalue weighted by molar-refractivity contribution is -0.114. The maximum atomic E-state index is 11.9. The first-order chi connectivity index (χ1) is 11.5. The molecule has 5 nitrogen and oxygen atoms in total. The fraction of sp³-hybridized carbons (Fsp3) is 0.176. The van der Waals surface area contributed by atoms with Crippen molar-refractivity contribution in [3.63, 3.8) is 0 Å². The maximum absolute atomic E-state index is 11.9. The van der Waals surface area contributed by atoms with Crippen molar-refractivity contribution in [1.29, 1.82) is 0 Å². The first kappa shape index (κ1) is 18.1. The zero-order valence-corrected chi connectivity index (χ0v) is 14.5. The molecule has 2 aromatic carbocycles. The fourth-order valence-corrected chi connectivity index (χ4v) is 2.26. The fourth-order valence-electron chi connectivity index (χ4n) is 1.96. The van der Waals surface area contributed by atoms with Crippen LogP contribution in [0.1, 0.15) is 17.3 Å². The van der Waals surface area contributed by atoms with Gasteiger partial charge in [-0.15, -0.1) is 0 Å². The second-order valence-electron chi connectivity index (χ2n) is 4.97. The Morgan fingerprint density at radius 3 is 2.25 bits per heavy atom. The second kappa shape index (κ2) is 8.57. The highest BCUT2D eigenvalue weighted by Crippen LogP contribution is 2.24. The number of anilines is 2. The first-order valence-corrected chi connectivity index (χ1v) is 8.12. The largest absolute Gasteiger partial charge is 0.376 e. The smallest absolute Gasteiger partial charge is 0.251 e. The molecule has 0 heterocycles. The highest BCUT2D eigenvalue weighted by atomic mass is 35.5. The van der Waals surface area contributed by atoms with Crippen LogP contribution in [0.5, 0.6) is 0 Å². The van der Waals surface area contributed by atoms with Gasteiger partial charge in [-0.25, -0.2) is 0 Å². The Bertz CT molecular complexity index is 733. The molecule has 0 radical (unpaired) electrons. The van der Waals surface area contributed by atoms with Crippen LogP contribution in [-0.2, 0) is 4.79 Å². The van der Waals surface area contributed by atoms with Crippen molar-refractivity contribution in [1.82, 2.24) is 5.32 Å². The third-order valence-corrected chi connectivity index (χ3v) is 3.88. The standard InChI is InChI=1S/C17H17Cl2N3O2/c1-2-20-17(24)11-3-5-12(6-4-11)21-10-16(23)22-13-7-8-14(18)15(19)9-13/h3-9,21H,2,10H2,1H3,(H,20,24)(H,22,23). The molecule has 0 saturated carbocycles. The molecule has 7 heteroatoms. The summed E-state index contributed by atoms with van der Waals surface area (Å²) < 4.78 is 0. The molecule has 3 N–H and O–H groups in total. The normalized spacial score (nSPS) is 10.1.